The van der Waals surface area contributed by atoms with E-state index in [0.29, 0.717) is 5.92 Å². The number of hydrogen-bond acceptors (Lipinski definition) is 2. The van der Waals surface area contributed by atoms with Gasteiger partial charge in [0.15, 0.2) is 0 Å². The van der Waals surface area contributed by atoms with Crippen molar-refractivity contribution in [2.75, 3.05) is 0 Å². The largest absolute Gasteiger partial charge is 0.240 e. The zero-order chi connectivity index (χ0) is 15.5. The lowest BCUT2D eigenvalue weighted by Gasteiger charge is -2.39. The molecule has 0 spiro atoms. The smallest absolute Gasteiger partial charge is 0.207 e. The molecule has 5 heteroatoms. The van der Waals surface area contributed by atoms with Gasteiger partial charge in [0.2, 0.25) is 10.0 Å². The van der Waals surface area contributed by atoms with Crippen molar-refractivity contribution in [3.8, 4) is 0 Å². The molecule has 0 aromatic heterocycles. The molecule has 0 radical (unpaired) electrons. The van der Waals surface area contributed by atoms with Crippen LogP contribution >= 0.6 is 0 Å². The Labute approximate surface area is 126 Å². The van der Waals surface area contributed by atoms with Crippen LogP contribution in [0.3, 0.4) is 0 Å². The van der Waals surface area contributed by atoms with E-state index in [1.54, 1.807) is 0 Å². The third-order valence-electron chi connectivity index (χ3n) is 6.22. The topological polar surface area (TPSA) is 46.2 Å². The Kier molecular flexibility index (Phi) is 3.23. The second-order valence-electron chi connectivity index (χ2n) is 7.24. The van der Waals surface area contributed by atoms with E-state index >= 15 is 0 Å². The van der Waals surface area contributed by atoms with E-state index < -0.39 is 15.8 Å². The predicted octanol–water partition coefficient (Wildman–Crippen LogP) is 3.32. The van der Waals surface area contributed by atoms with Gasteiger partial charge in [0.05, 0.1) is 4.90 Å². The lowest BCUT2D eigenvalue weighted by atomic mass is 9.69. The molecule has 0 heterocycles. The quantitative estimate of drug-likeness (QED) is 0.931. The number of nitrogens with one attached hydrogen (secondary N) is 1. The lowest BCUT2D eigenvalue weighted by molar-refractivity contribution is 0.130. The fourth-order valence-electron chi connectivity index (χ4n) is 4.25. The van der Waals surface area contributed by atoms with Crippen molar-refractivity contribution in [3.63, 3.8) is 0 Å². The molecule has 1 aromatic rings. The summed E-state index contributed by atoms with van der Waals surface area (Å²) in [5.41, 5.74) is 0.147. The Bertz CT molecular complexity index is 653. The molecule has 21 heavy (non-hydrogen) atoms. The molecule has 3 rings (SSSR count). The van der Waals surface area contributed by atoms with E-state index in [1.165, 1.54) is 30.7 Å². The third-order valence-corrected chi connectivity index (χ3v) is 7.70. The van der Waals surface area contributed by atoms with Crippen molar-refractivity contribution < 1.29 is 12.8 Å². The van der Waals surface area contributed by atoms with Crippen LogP contribution in [0.1, 0.15) is 40.0 Å². The first-order valence-corrected chi connectivity index (χ1v) is 8.93. The minimum absolute atomic E-state index is 0.00916. The highest BCUT2D eigenvalue weighted by atomic mass is 32.2. The highest BCUT2D eigenvalue weighted by Gasteiger charge is 2.61. The Morgan fingerprint density at radius 3 is 2.29 bits per heavy atom. The van der Waals surface area contributed by atoms with E-state index in [0.717, 1.165) is 12.8 Å². The molecule has 3 nitrogen and oxygen atoms in total. The molecule has 3 atom stereocenters. The van der Waals surface area contributed by atoms with Crippen molar-refractivity contribution in [1.29, 1.82) is 0 Å². The summed E-state index contributed by atoms with van der Waals surface area (Å²) in [6.07, 6.45) is 3.13. The van der Waals surface area contributed by atoms with Crippen LogP contribution < -0.4 is 4.72 Å². The molecule has 2 aliphatic carbocycles. The Hall–Kier alpha value is -0.940. The van der Waals surface area contributed by atoms with E-state index in [1.807, 2.05) is 0 Å². The fraction of sp³-hybridized carbons (Fsp3) is 0.625. The van der Waals surface area contributed by atoms with Gasteiger partial charge in [0.25, 0.3) is 0 Å². The maximum Gasteiger partial charge on any atom is 0.240 e. The van der Waals surface area contributed by atoms with Gasteiger partial charge in [-0.3, -0.25) is 0 Å². The normalized spacial score (nSPS) is 34.3. The van der Waals surface area contributed by atoms with Crippen LogP contribution in [0.25, 0.3) is 0 Å². The average Bonchev–Trinajstić information content (AvgIpc) is 2.72. The van der Waals surface area contributed by atoms with Gasteiger partial charge < -0.3 is 0 Å². The maximum atomic E-state index is 12.9. The van der Waals surface area contributed by atoms with Gasteiger partial charge in [-0.2, -0.15) is 0 Å². The second kappa shape index (κ2) is 4.53. The fourth-order valence-corrected chi connectivity index (χ4v) is 5.61. The van der Waals surface area contributed by atoms with Gasteiger partial charge in [0, 0.05) is 6.04 Å². The van der Waals surface area contributed by atoms with Gasteiger partial charge in [-0.05, 0) is 60.3 Å². The van der Waals surface area contributed by atoms with E-state index in [-0.39, 0.29) is 21.8 Å². The molecule has 0 unspecified atom stereocenters. The summed E-state index contributed by atoms with van der Waals surface area (Å²) in [6.45, 7) is 6.69. The molecule has 1 N–H and O–H groups in total. The summed E-state index contributed by atoms with van der Waals surface area (Å²) in [6, 6.07) is 4.96. The van der Waals surface area contributed by atoms with Gasteiger partial charge in [0.1, 0.15) is 5.82 Å². The van der Waals surface area contributed by atoms with Gasteiger partial charge >= 0.3 is 0 Å². The van der Waals surface area contributed by atoms with Crippen LogP contribution in [-0.4, -0.2) is 14.5 Å². The van der Waals surface area contributed by atoms with Crippen molar-refractivity contribution in [2.24, 2.45) is 16.7 Å². The average molecular weight is 311 g/mol. The van der Waals surface area contributed by atoms with Crippen molar-refractivity contribution >= 4 is 10.0 Å². The molecule has 0 amide bonds. The van der Waals surface area contributed by atoms with Crippen LogP contribution in [0, 0.1) is 22.6 Å². The highest BCUT2D eigenvalue weighted by Crippen LogP contribution is 2.65. The molecule has 0 aliphatic heterocycles. The summed E-state index contributed by atoms with van der Waals surface area (Å²) in [5.74, 6) is 0.144. The number of hydrogen-bond donors (Lipinski definition) is 1. The van der Waals surface area contributed by atoms with Crippen molar-refractivity contribution in [3.05, 3.63) is 30.1 Å². The van der Waals surface area contributed by atoms with Crippen molar-refractivity contribution in [1.82, 2.24) is 4.72 Å². The monoisotopic (exact) mass is 311 g/mol. The first kappa shape index (κ1) is 15.0. The molecule has 2 saturated carbocycles. The Morgan fingerprint density at radius 2 is 1.81 bits per heavy atom. The minimum Gasteiger partial charge on any atom is -0.207 e. The summed E-state index contributed by atoms with van der Waals surface area (Å²) >= 11 is 0. The minimum atomic E-state index is -3.59. The van der Waals surface area contributed by atoms with Gasteiger partial charge in [-0.15, -0.1) is 0 Å². The summed E-state index contributed by atoms with van der Waals surface area (Å²) < 4.78 is 40.8. The molecular formula is C16H22FNO2S. The van der Waals surface area contributed by atoms with Crippen LogP contribution in [0.2, 0.25) is 0 Å². The van der Waals surface area contributed by atoms with Gasteiger partial charge in [-0.25, -0.2) is 17.5 Å². The van der Waals surface area contributed by atoms with Crippen LogP contribution in [-0.2, 0) is 10.0 Å². The molecule has 2 aliphatic rings. The number of sulfonamides is 1. The Morgan fingerprint density at radius 1 is 1.19 bits per heavy atom. The third kappa shape index (κ3) is 2.13. The Balaban J connectivity index is 1.86. The second-order valence-corrected chi connectivity index (χ2v) is 8.95. The van der Waals surface area contributed by atoms with Gasteiger partial charge in [-0.1, -0.05) is 20.8 Å². The van der Waals surface area contributed by atoms with Crippen LogP contribution in [0.5, 0.6) is 0 Å². The number of halogens is 1. The summed E-state index contributed by atoms with van der Waals surface area (Å²) in [7, 11) is -3.59. The number of rotatable bonds is 3. The molecule has 1 aromatic carbocycles. The lowest BCUT2D eigenvalue weighted by Crippen LogP contribution is -2.46. The zero-order valence-corrected chi connectivity index (χ0v) is 13.5. The molecule has 2 bridgehead atoms. The maximum absolute atomic E-state index is 12.9. The first-order chi connectivity index (χ1) is 9.67. The molecule has 2 fully saturated rings. The highest BCUT2D eigenvalue weighted by molar-refractivity contribution is 7.89. The van der Waals surface area contributed by atoms with Crippen LogP contribution in [0.4, 0.5) is 4.39 Å². The predicted molar refractivity (Wildman–Crippen MR) is 79.7 cm³/mol. The molecule has 0 saturated heterocycles. The zero-order valence-electron chi connectivity index (χ0n) is 12.7. The molecular weight excluding hydrogens is 289 g/mol. The van der Waals surface area contributed by atoms with E-state index in [2.05, 4.69) is 25.5 Å². The summed E-state index contributed by atoms with van der Waals surface area (Å²) in [4.78, 5) is 0.132. The van der Waals surface area contributed by atoms with E-state index in [4.69, 9.17) is 0 Å². The summed E-state index contributed by atoms with van der Waals surface area (Å²) in [5, 5.41) is 0. The molecule has 116 valence electrons. The standard InChI is InChI=1S/C16H22FNO2S/c1-15(2)11-8-9-16(15,3)14(10-11)18-21(19,20)13-6-4-12(17)5-7-13/h4-7,11,14,18H,8-10H2,1-3H3/t11-,14+,16+/m0/s1. The van der Waals surface area contributed by atoms with E-state index in [9.17, 15) is 12.8 Å². The van der Waals surface area contributed by atoms with Crippen LogP contribution in [0.15, 0.2) is 29.2 Å². The first-order valence-electron chi connectivity index (χ1n) is 7.45. The number of benzene rings is 1. The number of fused-ring (bicyclic) bond motifs is 2. The SMILES string of the molecule is CC1(C)[C@H]2CC[C@]1(C)[C@H](NS(=O)(=O)c1ccc(F)cc1)C2. The van der Waals surface area contributed by atoms with Crippen molar-refractivity contribution in [2.45, 2.75) is 51.0 Å².